The number of oxazole rings is 1. The summed E-state index contributed by atoms with van der Waals surface area (Å²) < 4.78 is 11.2. The van der Waals surface area contributed by atoms with Crippen molar-refractivity contribution in [1.29, 1.82) is 0 Å². The van der Waals surface area contributed by atoms with Crippen LogP contribution in [-0.2, 0) is 0 Å². The number of nitrogens with one attached hydrogen (secondary N) is 1. The van der Waals surface area contributed by atoms with Crippen LogP contribution in [0, 0.1) is 10.1 Å². The van der Waals surface area contributed by atoms with Crippen molar-refractivity contribution in [2.45, 2.75) is 58.4 Å². The lowest BCUT2D eigenvalue weighted by Gasteiger charge is -2.14. The highest BCUT2D eigenvalue weighted by Gasteiger charge is 2.22. The maximum Gasteiger partial charge on any atom is 0.313 e. The Bertz CT molecular complexity index is 713. The fourth-order valence-corrected chi connectivity index (χ4v) is 2.94. The molecule has 1 aromatic heterocycles. The van der Waals surface area contributed by atoms with Crippen molar-refractivity contribution >= 4 is 5.69 Å². The van der Waals surface area contributed by atoms with Gasteiger partial charge < -0.3 is 14.5 Å². The summed E-state index contributed by atoms with van der Waals surface area (Å²) in [6, 6.07) is 6.28. The minimum atomic E-state index is -0.420. The van der Waals surface area contributed by atoms with Gasteiger partial charge in [-0.25, -0.2) is 4.98 Å². The molecule has 7 heteroatoms. The summed E-state index contributed by atoms with van der Waals surface area (Å²) in [4.78, 5) is 15.1. The monoisotopic (exact) mass is 375 g/mol. The van der Waals surface area contributed by atoms with Crippen LogP contribution in [0.2, 0.25) is 0 Å². The average molecular weight is 375 g/mol. The van der Waals surface area contributed by atoms with E-state index in [9.17, 15) is 10.1 Å². The lowest BCUT2D eigenvalue weighted by atomic mass is 10.1. The van der Waals surface area contributed by atoms with Gasteiger partial charge >= 0.3 is 5.95 Å². The van der Waals surface area contributed by atoms with Crippen molar-refractivity contribution in [2.75, 3.05) is 13.7 Å². The maximum absolute atomic E-state index is 10.9. The van der Waals surface area contributed by atoms with Crippen LogP contribution >= 0.6 is 0 Å². The minimum absolute atomic E-state index is 0.0301. The quantitative estimate of drug-likeness (QED) is 0.309. The van der Waals surface area contributed by atoms with E-state index in [4.69, 9.17) is 9.15 Å². The first-order valence-corrected chi connectivity index (χ1v) is 9.63. The molecule has 0 amide bonds. The molecule has 0 fully saturated rings. The number of nitro benzene ring substituents is 1. The molecule has 1 atom stereocenters. The third kappa shape index (κ3) is 5.79. The number of rotatable bonds is 12. The van der Waals surface area contributed by atoms with Crippen molar-refractivity contribution < 1.29 is 14.1 Å². The minimum Gasteiger partial charge on any atom is -0.467 e. The standard InChI is InChI=1S/C20H29N3O4/c1-4-6-7-8-9-17(21-14-5-2)19-22-18(20(26-3)27-19)15-10-12-16(13-11-15)23(24)25/h10-13,17,21H,4-9,14H2,1-3H3. The number of nitrogens with zero attached hydrogens (tertiary/aromatic N) is 2. The van der Waals surface area contributed by atoms with Crippen LogP contribution in [0.15, 0.2) is 28.7 Å². The van der Waals surface area contributed by atoms with Gasteiger partial charge in [-0.05, 0) is 31.5 Å². The Morgan fingerprint density at radius 1 is 1.19 bits per heavy atom. The third-order valence-corrected chi connectivity index (χ3v) is 4.43. The van der Waals surface area contributed by atoms with Crippen LogP contribution in [-0.4, -0.2) is 23.6 Å². The molecule has 0 bridgehead atoms. The molecule has 1 aromatic carbocycles. The molecular formula is C20H29N3O4. The average Bonchev–Trinajstić information content (AvgIpc) is 3.11. The van der Waals surface area contributed by atoms with E-state index in [2.05, 4.69) is 24.1 Å². The Hall–Kier alpha value is -2.41. The number of unbranched alkanes of at least 4 members (excludes halogenated alkanes) is 3. The summed E-state index contributed by atoms with van der Waals surface area (Å²) in [5.74, 6) is 0.931. The molecule has 0 saturated heterocycles. The summed E-state index contributed by atoms with van der Waals surface area (Å²) in [5, 5.41) is 14.4. The van der Waals surface area contributed by atoms with Crippen molar-refractivity contribution in [3.8, 4) is 17.2 Å². The second kappa shape index (κ2) is 10.7. The van der Waals surface area contributed by atoms with Gasteiger partial charge in [-0.2, -0.15) is 0 Å². The third-order valence-electron chi connectivity index (χ3n) is 4.43. The van der Waals surface area contributed by atoms with E-state index in [0.717, 1.165) is 31.4 Å². The zero-order valence-corrected chi connectivity index (χ0v) is 16.4. The molecule has 2 rings (SSSR count). The Balaban J connectivity index is 2.23. The highest BCUT2D eigenvalue weighted by atomic mass is 16.6. The number of ether oxygens (including phenoxy) is 1. The summed E-state index contributed by atoms with van der Waals surface area (Å²) in [5.41, 5.74) is 1.34. The summed E-state index contributed by atoms with van der Waals surface area (Å²) >= 11 is 0. The number of nitro groups is 1. The largest absolute Gasteiger partial charge is 0.467 e. The van der Waals surface area contributed by atoms with E-state index in [1.165, 1.54) is 38.5 Å². The van der Waals surface area contributed by atoms with Gasteiger partial charge in [0, 0.05) is 17.7 Å². The van der Waals surface area contributed by atoms with Crippen molar-refractivity contribution in [3.63, 3.8) is 0 Å². The molecule has 1 heterocycles. The number of aromatic nitrogens is 1. The van der Waals surface area contributed by atoms with Gasteiger partial charge in [-0.1, -0.05) is 39.5 Å². The Morgan fingerprint density at radius 3 is 2.52 bits per heavy atom. The molecule has 1 N–H and O–H groups in total. The highest BCUT2D eigenvalue weighted by Crippen LogP contribution is 2.34. The maximum atomic E-state index is 10.9. The SMILES string of the molecule is CCCCCCC(NCCC)c1nc(-c2ccc([N+](=O)[O-])cc2)c(OC)o1. The van der Waals surface area contributed by atoms with Crippen LogP contribution in [0.25, 0.3) is 11.3 Å². The molecular weight excluding hydrogens is 346 g/mol. The number of methoxy groups -OCH3 is 1. The molecule has 0 aliphatic carbocycles. The van der Waals surface area contributed by atoms with Crippen molar-refractivity contribution in [1.82, 2.24) is 10.3 Å². The van der Waals surface area contributed by atoms with Crippen molar-refractivity contribution in [2.24, 2.45) is 0 Å². The van der Waals surface area contributed by atoms with Crippen LogP contribution < -0.4 is 10.1 Å². The summed E-state index contributed by atoms with van der Waals surface area (Å²) in [6.07, 6.45) is 6.69. The Labute approximate surface area is 160 Å². The van der Waals surface area contributed by atoms with E-state index in [1.54, 1.807) is 12.1 Å². The normalized spacial score (nSPS) is 12.1. The molecule has 7 nitrogen and oxygen atoms in total. The predicted octanol–water partition coefficient (Wildman–Crippen LogP) is 5.27. The molecule has 1 unspecified atom stereocenters. The Morgan fingerprint density at radius 2 is 1.93 bits per heavy atom. The second-order valence-electron chi connectivity index (χ2n) is 6.55. The fourth-order valence-electron chi connectivity index (χ4n) is 2.94. The molecule has 0 radical (unpaired) electrons. The Kier molecular flexibility index (Phi) is 8.26. The predicted molar refractivity (Wildman–Crippen MR) is 105 cm³/mol. The van der Waals surface area contributed by atoms with Gasteiger partial charge in [-0.3, -0.25) is 10.1 Å². The van der Waals surface area contributed by atoms with Gasteiger partial charge in [0.2, 0.25) is 5.89 Å². The van der Waals surface area contributed by atoms with Gasteiger partial charge in [0.05, 0.1) is 18.1 Å². The number of non-ortho nitro benzene ring substituents is 1. The van der Waals surface area contributed by atoms with Gasteiger partial charge in [-0.15, -0.1) is 0 Å². The van der Waals surface area contributed by atoms with E-state index < -0.39 is 4.92 Å². The molecule has 0 aliphatic rings. The fraction of sp³-hybridized carbons (Fsp3) is 0.550. The molecule has 2 aromatic rings. The van der Waals surface area contributed by atoms with Crippen LogP contribution in [0.5, 0.6) is 5.95 Å². The lowest BCUT2D eigenvalue weighted by Crippen LogP contribution is -2.22. The number of hydrogen-bond acceptors (Lipinski definition) is 6. The van der Waals surface area contributed by atoms with Crippen molar-refractivity contribution in [3.05, 3.63) is 40.3 Å². The van der Waals surface area contributed by atoms with E-state index in [-0.39, 0.29) is 11.7 Å². The number of hydrogen-bond donors (Lipinski definition) is 1. The second-order valence-corrected chi connectivity index (χ2v) is 6.55. The topological polar surface area (TPSA) is 90.4 Å². The zero-order chi connectivity index (χ0) is 19.6. The molecule has 0 spiro atoms. The van der Waals surface area contributed by atoms with Crippen LogP contribution in [0.3, 0.4) is 0 Å². The van der Waals surface area contributed by atoms with Crippen LogP contribution in [0.1, 0.15) is 64.3 Å². The van der Waals surface area contributed by atoms with Gasteiger partial charge in [0.1, 0.15) is 0 Å². The van der Waals surface area contributed by atoms with E-state index in [1.807, 2.05) is 0 Å². The highest BCUT2D eigenvalue weighted by molar-refractivity contribution is 5.65. The lowest BCUT2D eigenvalue weighted by molar-refractivity contribution is -0.384. The van der Waals surface area contributed by atoms with Gasteiger partial charge in [0.15, 0.2) is 5.69 Å². The number of benzene rings is 1. The van der Waals surface area contributed by atoms with Crippen LogP contribution in [0.4, 0.5) is 5.69 Å². The molecule has 148 valence electrons. The van der Waals surface area contributed by atoms with Gasteiger partial charge in [0.25, 0.3) is 5.69 Å². The van der Waals surface area contributed by atoms with E-state index in [0.29, 0.717) is 17.5 Å². The van der Waals surface area contributed by atoms with E-state index >= 15 is 0 Å². The molecule has 0 saturated carbocycles. The first-order valence-electron chi connectivity index (χ1n) is 9.63. The summed E-state index contributed by atoms with van der Waals surface area (Å²) in [6.45, 7) is 5.21. The smallest absolute Gasteiger partial charge is 0.313 e. The zero-order valence-electron chi connectivity index (χ0n) is 16.4. The molecule has 27 heavy (non-hydrogen) atoms. The first-order chi connectivity index (χ1) is 13.1. The summed E-state index contributed by atoms with van der Waals surface area (Å²) in [7, 11) is 1.54. The molecule has 0 aliphatic heterocycles. The first kappa shape index (κ1) is 20.9.